The molecule has 5 fully saturated rings. The first-order chi connectivity index (χ1) is 27.0. The third kappa shape index (κ3) is 6.65. The maximum absolute atomic E-state index is 13.2. The normalized spacial score (nSPS) is 22.9. The van der Waals surface area contributed by atoms with E-state index in [2.05, 4.69) is 36.5 Å². The number of nitrogens with zero attached hydrogens (tertiary/aromatic N) is 7. The largest absolute Gasteiger partial charge is 0.494 e. The summed E-state index contributed by atoms with van der Waals surface area (Å²) in [5.74, 6) is -0.104. The third-order valence-electron chi connectivity index (χ3n) is 11.8. The smallest absolute Gasteiger partial charge is 0.433 e. The number of urea groups is 1. The summed E-state index contributed by atoms with van der Waals surface area (Å²) in [5.41, 5.74) is 1.35. The van der Waals surface area contributed by atoms with Crippen molar-refractivity contribution in [1.82, 2.24) is 30.0 Å². The molecule has 7 heterocycles. The number of alkyl halides is 3. The van der Waals surface area contributed by atoms with Crippen LogP contribution in [0.25, 0.3) is 21.7 Å². The molecule has 2 N–H and O–H groups in total. The topological polar surface area (TPSA) is 138 Å². The van der Waals surface area contributed by atoms with Gasteiger partial charge in [0, 0.05) is 85.0 Å². The van der Waals surface area contributed by atoms with E-state index in [-0.39, 0.29) is 24.1 Å². The number of rotatable bonds is 8. The van der Waals surface area contributed by atoms with Gasteiger partial charge in [0.2, 0.25) is 5.91 Å². The average Bonchev–Trinajstić information content (AvgIpc) is 3.62. The monoisotopic (exact) mass is 767 g/mol. The van der Waals surface area contributed by atoms with Gasteiger partial charge in [-0.2, -0.15) is 18.3 Å². The second kappa shape index (κ2) is 14.1. The molecule has 2 unspecified atom stereocenters. The van der Waals surface area contributed by atoms with E-state index in [9.17, 15) is 27.6 Å². The van der Waals surface area contributed by atoms with E-state index in [0.29, 0.717) is 47.2 Å². The first-order valence-electron chi connectivity index (χ1n) is 18.9. The Morgan fingerprint density at radius 2 is 1.75 bits per heavy atom. The molecule has 3 aromatic heterocycles. The van der Waals surface area contributed by atoms with Gasteiger partial charge in [-0.25, -0.2) is 9.78 Å². The lowest BCUT2D eigenvalue weighted by Gasteiger charge is -2.58. The lowest BCUT2D eigenvalue weighted by Crippen LogP contribution is -2.69. The van der Waals surface area contributed by atoms with Gasteiger partial charge in [0.05, 0.1) is 36.2 Å². The molecule has 1 aliphatic carbocycles. The van der Waals surface area contributed by atoms with Crippen LogP contribution in [0, 0.1) is 5.92 Å². The molecule has 0 spiro atoms. The number of benzene rings is 2. The van der Waals surface area contributed by atoms with Crippen molar-refractivity contribution in [3.8, 4) is 5.75 Å². The number of hydrogen-bond donors (Lipinski definition) is 2. The van der Waals surface area contributed by atoms with E-state index in [1.54, 1.807) is 23.2 Å². The molecule has 4 saturated heterocycles. The number of amides is 4. The highest BCUT2D eigenvalue weighted by Crippen LogP contribution is 2.42. The predicted molar refractivity (Wildman–Crippen MR) is 203 cm³/mol. The number of nitrogens with one attached hydrogen (secondary N) is 2. The summed E-state index contributed by atoms with van der Waals surface area (Å²) in [6.45, 7) is 3.25. The molecule has 1 saturated carbocycles. The number of carbonyl (C=O) groups excluding carboxylic acids is 3. The van der Waals surface area contributed by atoms with Gasteiger partial charge in [-0.05, 0) is 62.3 Å². The van der Waals surface area contributed by atoms with Crippen molar-refractivity contribution in [2.75, 3.05) is 48.4 Å². The fourth-order valence-corrected chi connectivity index (χ4v) is 8.95. The van der Waals surface area contributed by atoms with E-state index in [1.165, 1.54) is 19.6 Å². The Labute approximate surface area is 319 Å². The number of ether oxygens (including phenoxy) is 1. The minimum absolute atomic E-state index is 0.227. The number of methoxy groups -OCH3 is 1. The molecule has 16 heteroatoms. The maximum atomic E-state index is 13.2. The first kappa shape index (κ1) is 35.9. The summed E-state index contributed by atoms with van der Waals surface area (Å²) in [4.78, 5) is 52.0. The average molecular weight is 768 g/mol. The first-order valence-corrected chi connectivity index (χ1v) is 18.9. The van der Waals surface area contributed by atoms with Crippen LogP contribution in [0.1, 0.15) is 60.7 Å². The molecule has 10 rings (SSSR count). The molecule has 290 valence electrons. The molecule has 5 aromatic rings. The minimum Gasteiger partial charge on any atom is -0.494 e. The van der Waals surface area contributed by atoms with E-state index >= 15 is 0 Å². The quantitative estimate of drug-likeness (QED) is 0.184. The van der Waals surface area contributed by atoms with Crippen LogP contribution in [0.3, 0.4) is 0 Å². The van der Waals surface area contributed by atoms with Crippen LogP contribution in [-0.2, 0) is 11.0 Å². The Kier molecular flexibility index (Phi) is 9.02. The maximum Gasteiger partial charge on any atom is 0.433 e. The van der Waals surface area contributed by atoms with Crippen LogP contribution in [0.2, 0.25) is 0 Å². The molecule has 2 bridgehead atoms. The molecule has 0 radical (unpaired) electrons. The van der Waals surface area contributed by atoms with Crippen LogP contribution < -0.4 is 25.2 Å². The van der Waals surface area contributed by atoms with Crippen LogP contribution in [0.5, 0.6) is 5.75 Å². The molecule has 4 amide bonds. The van der Waals surface area contributed by atoms with Gasteiger partial charge >= 0.3 is 12.2 Å². The molecule has 56 heavy (non-hydrogen) atoms. The molecular formula is C40H40F3N9O4. The van der Waals surface area contributed by atoms with Crippen LogP contribution in [0.4, 0.5) is 35.0 Å². The number of aromatic nitrogens is 4. The molecule has 13 nitrogen and oxygen atoms in total. The molecule has 5 aliphatic rings. The molecular weight excluding hydrogens is 727 g/mol. The van der Waals surface area contributed by atoms with Gasteiger partial charge in [0.15, 0.2) is 0 Å². The second-order valence-electron chi connectivity index (χ2n) is 15.2. The summed E-state index contributed by atoms with van der Waals surface area (Å²) < 4.78 is 47.0. The number of halogens is 3. The van der Waals surface area contributed by atoms with E-state index in [0.717, 1.165) is 79.3 Å². The Bertz CT molecular complexity index is 2350. The van der Waals surface area contributed by atoms with E-state index in [1.807, 2.05) is 29.2 Å². The number of anilines is 3. The number of pyridine rings is 2. The number of piperidine rings is 1. The van der Waals surface area contributed by atoms with Crippen molar-refractivity contribution in [1.29, 1.82) is 0 Å². The Balaban J connectivity index is 0.821. The minimum atomic E-state index is -4.66. The van der Waals surface area contributed by atoms with Crippen LogP contribution >= 0.6 is 0 Å². The lowest BCUT2D eigenvalue weighted by molar-refractivity contribution is -0.141. The zero-order chi connectivity index (χ0) is 38.7. The standard InChI is InChI=1S/C40H40F3N9O4/c1-56-35-16-31-24(14-32(35)46-38(54)30-5-3-7-36(45-30)40(41,42)43)20-52(48-31)25-10-8-23(9-11-25)19-51-26-15-27(51)22-49(21-26)33-6-2-4-28-29(33)17-44-18-34(28)50-13-12-37(53)47-39(50)55/h2-7,14,16-18,20,23,25-27H,8-13,15,19,21-22H2,1H3,(H,46,54)(H,47,53,55). The van der Waals surface area contributed by atoms with Crippen molar-refractivity contribution in [2.24, 2.45) is 5.92 Å². The zero-order valence-electron chi connectivity index (χ0n) is 30.6. The summed E-state index contributed by atoms with van der Waals surface area (Å²) >= 11 is 0. The predicted octanol–water partition coefficient (Wildman–Crippen LogP) is 6.40. The fourth-order valence-electron chi connectivity index (χ4n) is 8.95. The van der Waals surface area contributed by atoms with Gasteiger partial charge in [0.1, 0.15) is 17.1 Å². The number of hydrogen-bond acceptors (Lipinski definition) is 9. The molecule has 2 aromatic carbocycles. The fraction of sp³-hybridized carbons (Fsp3) is 0.400. The molecule has 4 aliphatic heterocycles. The van der Waals surface area contributed by atoms with Gasteiger partial charge < -0.3 is 15.0 Å². The number of carbonyl (C=O) groups is 3. The van der Waals surface area contributed by atoms with Gasteiger partial charge in [-0.1, -0.05) is 18.2 Å². The summed E-state index contributed by atoms with van der Waals surface area (Å²) in [6.07, 6.45) is 6.46. The van der Waals surface area contributed by atoms with Crippen molar-refractivity contribution in [3.05, 3.63) is 78.5 Å². The highest BCUT2D eigenvalue weighted by Gasteiger charge is 2.45. The number of imide groups is 1. The second-order valence-corrected chi connectivity index (χ2v) is 15.2. The van der Waals surface area contributed by atoms with Crippen molar-refractivity contribution < 1.29 is 32.3 Å². The van der Waals surface area contributed by atoms with Crippen molar-refractivity contribution in [2.45, 2.75) is 62.8 Å². The van der Waals surface area contributed by atoms with Crippen LogP contribution in [-0.4, -0.2) is 87.9 Å². The van der Waals surface area contributed by atoms with Crippen molar-refractivity contribution >= 4 is 56.6 Å². The SMILES string of the molecule is COc1cc2nn(C3CCC(CN4C5CC4CN(c4cccc6c(N7CCC(=O)NC7=O)cncc46)C5)CC3)cc2cc1NC(=O)c1cccc(C(F)(F)F)n1. The van der Waals surface area contributed by atoms with Crippen molar-refractivity contribution in [3.63, 3.8) is 0 Å². The zero-order valence-corrected chi connectivity index (χ0v) is 30.6. The van der Waals surface area contributed by atoms with Crippen LogP contribution in [0.15, 0.2) is 67.1 Å². The van der Waals surface area contributed by atoms with Gasteiger partial charge in [-0.15, -0.1) is 0 Å². The van der Waals surface area contributed by atoms with E-state index < -0.39 is 23.8 Å². The number of fused-ring (bicyclic) bond motifs is 4. The molecule has 2 atom stereocenters. The van der Waals surface area contributed by atoms with Gasteiger partial charge in [-0.3, -0.25) is 34.4 Å². The van der Waals surface area contributed by atoms with E-state index in [4.69, 9.17) is 9.84 Å². The van der Waals surface area contributed by atoms with Gasteiger partial charge in [0.25, 0.3) is 5.91 Å². The summed E-state index contributed by atoms with van der Waals surface area (Å²) in [5, 5.41) is 12.6. The summed E-state index contributed by atoms with van der Waals surface area (Å²) in [6, 6.07) is 13.6. The number of piperazine rings is 1. The lowest BCUT2D eigenvalue weighted by atomic mass is 9.81. The highest BCUT2D eigenvalue weighted by atomic mass is 19.4. The third-order valence-corrected chi connectivity index (χ3v) is 11.8. The highest BCUT2D eigenvalue weighted by molar-refractivity contribution is 6.11. The Morgan fingerprint density at radius 1 is 0.964 bits per heavy atom. The Hall–Kier alpha value is -5.77. The Morgan fingerprint density at radius 3 is 2.50 bits per heavy atom. The summed E-state index contributed by atoms with van der Waals surface area (Å²) in [7, 11) is 1.46.